The first-order chi connectivity index (χ1) is 14.0. The van der Waals surface area contributed by atoms with Crippen molar-refractivity contribution in [3.8, 4) is 5.75 Å². The van der Waals surface area contributed by atoms with Gasteiger partial charge in [-0.1, -0.05) is 60.6 Å². The third-order valence-corrected chi connectivity index (χ3v) is 5.55. The molecule has 0 aliphatic carbocycles. The summed E-state index contributed by atoms with van der Waals surface area (Å²) >= 11 is 7.73. The largest absolute Gasteiger partial charge is 0.508 e. The number of nitrogens with one attached hydrogen (secondary N) is 1. The molecule has 8 heteroatoms. The van der Waals surface area contributed by atoms with Gasteiger partial charge in [-0.25, -0.2) is 14.6 Å². The van der Waals surface area contributed by atoms with Gasteiger partial charge in [0.1, 0.15) is 11.6 Å². The minimum atomic E-state index is 0.125. The van der Waals surface area contributed by atoms with Gasteiger partial charge in [-0.3, -0.25) is 0 Å². The highest BCUT2D eigenvalue weighted by atomic mass is 35.5. The van der Waals surface area contributed by atoms with Crippen LogP contribution < -0.4 is 5.32 Å². The van der Waals surface area contributed by atoms with Crippen molar-refractivity contribution in [3.05, 3.63) is 65.3 Å². The molecule has 0 radical (unpaired) electrons. The Bertz CT molecular complexity index is 1150. The Morgan fingerprint density at radius 1 is 1.17 bits per heavy atom. The van der Waals surface area contributed by atoms with Crippen molar-refractivity contribution >= 4 is 45.9 Å². The van der Waals surface area contributed by atoms with Gasteiger partial charge >= 0.3 is 0 Å². The molecule has 4 aromatic rings. The molecule has 2 N–H and O–H groups in total. The lowest BCUT2D eigenvalue weighted by molar-refractivity contribution is 0.475. The first-order valence-electron chi connectivity index (χ1n) is 9.13. The van der Waals surface area contributed by atoms with Crippen LogP contribution in [-0.4, -0.2) is 31.1 Å². The highest BCUT2D eigenvalue weighted by molar-refractivity contribution is 7.98. The molecule has 0 aliphatic rings. The summed E-state index contributed by atoms with van der Waals surface area (Å²) in [6.45, 7) is 2.87. The minimum Gasteiger partial charge on any atom is -0.508 e. The number of phenols is 1. The number of thioether (sulfide) groups is 1. The Balaban J connectivity index is 1.72. The van der Waals surface area contributed by atoms with Gasteiger partial charge in [0.25, 0.3) is 0 Å². The second kappa shape index (κ2) is 8.31. The van der Waals surface area contributed by atoms with Crippen LogP contribution in [0.25, 0.3) is 11.0 Å². The normalized spacial score (nSPS) is 12.2. The highest BCUT2D eigenvalue weighted by Crippen LogP contribution is 2.32. The molecule has 0 aliphatic heterocycles. The molecule has 29 heavy (non-hydrogen) atoms. The molecule has 0 bridgehead atoms. The van der Waals surface area contributed by atoms with Gasteiger partial charge in [0, 0.05) is 18.5 Å². The number of aromatic nitrogens is 4. The van der Waals surface area contributed by atoms with E-state index in [9.17, 15) is 5.11 Å². The van der Waals surface area contributed by atoms with Crippen LogP contribution in [0.3, 0.4) is 0 Å². The van der Waals surface area contributed by atoms with Crippen LogP contribution >= 0.6 is 23.4 Å². The van der Waals surface area contributed by atoms with Crippen molar-refractivity contribution < 1.29 is 5.11 Å². The number of benzene rings is 2. The van der Waals surface area contributed by atoms with E-state index in [4.69, 9.17) is 11.6 Å². The molecule has 1 atom stereocenters. The van der Waals surface area contributed by atoms with E-state index in [-0.39, 0.29) is 11.7 Å². The highest BCUT2D eigenvalue weighted by Gasteiger charge is 2.16. The van der Waals surface area contributed by atoms with Crippen LogP contribution in [0.2, 0.25) is 5.02 Å². The summed E-state index contributed by atoms with van der Waals surface area (Å²) in [5, 5.41) is 19.5. The van der Waals surface area contributed by atoms with E-state index in [1.807, 2.05) is 29.1 Å². The van der Waals surface area contributed by atoms with Crippen LogP contribution in [0.5, 0.6) is 5.75 Å². The number of aromatic hydroxyl groups is 1. The molecule has 0 saturated heterocycles. The standard InChI is InChI=1S/C21H20ClN5OS/c1-13(14-6-4-3-5-7-14)12-27-20-16(11-23-27)19(25-21(26-20)29-2)24-18-10-15(28)8-9-17(18)22/h3-11,13,28H,12H2,1-2H3,(H,24,25,26). The number of halogens is 1. The van der Waals surface area contributed by atoms with Crippen LogP contribution in [0.15, 0.2) is 59.9 Å². The molecule has 1 unspecified atom stereocenters. The zero-order chi connectivity index (χ0) is 20.4. The summed E-state index contributed by atoms with van der Waals surface area (Å²) in [5.41, 5.74) is 2.58. The van der Waals surface area contributed by atoms with Gasteiger partial charge in [0.15, 0.2) is 10.8 Å². The Kier molecular flexibility index (Phi) is 5.60. The maximum Gasteiger partial charge on any atom is 0.191 e. The van der Waals surface area contributed by atoms with E-state index in [0.29, 0.717) is 28.2 Å². The third-order valence-electron chi connectivity index (χ3n) is 4.68. The number of hydrogen-bond donors (Lipinski definition) is 2. The maximum absolute atomic E-state index is 9.79. The van der Waals surface area contributed by atoms with Crippen molar-refractivity contribution in [1.82, 2.24) is 19.7 Å². The molecular formula is C21H20ClN5OS. The van der Waals surface area contributed by atoms with Gasteiger partial charge in [-0.2, -0.15) is 5.10 Å². The molecule has 6 nitrogen and oxygen atoms in total. The van der Waals surface area contributed by atoms with E-state index in [2.05, 4.69) is 39.4 Å². The fraction of sp³-hybridized carbons (Fsp3) is 0.190. The SMILES string of the molecule is CSc1nc(Nc2cc(O)ccc2Cl)c2cnn(CC(C)c3ccccc3)c2n1. The van der Waals surface area contributed by atoms with Crippen molar-refractivity contribution in [2.24, 2.45) is 0 Å². The predicted octanol–water partition coefficient (Wildman–Crippen LogP) is 5.45. The fourth-order valence-corrected chi connectivity index (χ4v) is 3.66. The molecule has 2 aromatic carbocycles. The van der Waals surface area contributed by atoms with Crippen molar-refractivity contribution in [1.29, 1.82) is 0 Å². The molecule has 4 rings (SSSR count). The lowest BCUT2D eigenvalue weighted by atomic mass is 10.0. The number of nitrogens with zero attached hydrogens (tertiary/aromatic N) is 4. The summed E-state index contributed by atoms with van der Waals surface area (Å²) in [4.78, 5) is 9.26. The molecule has 0 spiro atoms. The quantitative estimate of drug-likeness (QED) is 0.316. The smallest absolute Gasteiger partial charge is 0.191 e. The first-order valence-corrected chi connectivity index (χ1v) is 10.7. The number of fused-ring (bicyclic) bond motifs is 1. The van der Waals surface area contributed by atoms with E-state index in [1.165, 1.54) is 17.3 Å². The van der Waals surface area contributed by atoms with Gasteiger partial charge in [-0.05, 0) is 24.0 Å². The van der Waals surface area contributed by atoms with Crippen molar-refractivity contribution in [2.45, 2.75) is 24.5 Å². The Morgan fingerprint density at radius 2 is 1.97 bits per heavy atom. The van der Waals surface area contributed by atoms with Crippen LogP contribution in [0.1, 0.15) is 18.4 Å². The Hall–Kier alpha value is -2.77. The van der Waals surface area contributed by atoms with Crippen molar-refractivity contribution in [3.63, 3.8) is 0 Å². The van der Waals surface area contributed by atoms with Crippen molar-refractivity contribution in [2.75, 3.05) is 11.6 Å². The number of hydrogen-bond acceptors (Lipinski definition) is 6. The second-order valence-corrected chi connectivity index (χ2v) is 7.90. The number of rotatable bonds is 6. The third kappa shape index (κ3) is 4.16. The zero-order valence-electron chi connectivity index (χ0n) is 16.0. The maximum atomic E-state index is 9.79. The van der Waals surface area contributed by atoms with Crippen LogP contribution in [0.4, 0.5) is 11.5 Å². The van der Waals surface area contributed by atoms with Gasteiger partial charge in [0.05, 0.1) is 22.3 Å². The minimum absolute atomic E-state index is 0.125. The molecule has 0 saturated carbocycles. The molecule has 0 amide bonds. The molecule has 2 heterocycles. The topological polar surface area (TPSA) is 75.9 Å². The summed E-state index contributed by atoms with van der Waals surface area (Å²) in [6, 6.07) is 15.1. The number of anilines is 2. The van der Waals surface area contributed by atoms with Gasteiger partial charge < -0.3 is 10.4 Å². The fourth-order valence-electron chi connectivity index (χ4n) is 3.14. The van der Waals surface area contributed by atoms with Crippen LogP contribution in [-0.2, 0) is 6.54 Å². The Labute approximate surface area is 178 Å². The van der Waals surface area contributed by atoms with E-state index < -0.39 is 0 Å². The monoisotopic (exact) mass is 425 g/mol. The molecule has 0 fully saturated rings. The summed E-state index contributed by atoms with van der Waals surface area (Å²) in [6.07, 6.45) is 3.69. The van der Waals surface area contributed by atoms with Crippen LogP contribution in [0, 0.1) is 0 Å². The van der Waals surface area contributed by atoms with E-state index in [1.54, 1.807) is 24.4 Å². The second-order valence-electron chi connectivity index (χ2n) is 6.72. The summed E-state index contributed by atoms with van der Waals surface area (Å²) in [7, 11) is 0. The average molecular weight is 426 g/mol. The lowest BCUT2D eigenvalue weighted by Crippen LogP contribution is -2.09. The first kappa shape index (κ1) is 19.5. The number of phenolic OH excluding ortho intramolecular Hbond substituents is 1. The van der Waals surface area contributed by atoms with E-state index in [0.717, 1.165) is 11.0 Å². The summed E-state index contributed by atoms with van der Waals surface area (Å²) in [5.74, 6) is 1.01. The summed E-state index contributed by atoms with van der Waals surface area (Å²) < 4.78 is 1.91. The molecular weight excluding hydrogens is 406 g/mol. The molecule has 2 aromatic heterocycles. The van der Waals surface area contributed by atoms with E-state index >= 15 is 0 Å². The predicted molar refractivity (Wildman–Crippen MR) is 118 cm³/mol. The average Bonchev–Trinajstić information content (AvgIpc) is 3.14. The zero-order valence-corrected chi connectivity index (χ0v) is 17.6. The molecule has 148 valence electrons. The Morgan fingerprint density at radius 3 is 2.72 bits per heavy atom. The lowest BCUT2D eigenvalue weighted by Gasteiger charge is -2.13. The van der Waals surface area contributed by atoms with Gasteiger partial charge in [-0.15, -0.1) is 0 Å². The van der Waals surface area contributed by atoms with Gasteiger partial charge in [0.2, 0.25) is 0 Å².